The second-order valence-corrected chi connectivity index (χ2v) is 4.15. The van der Waals surface area contributed by atoms with Crippen LogP contribution in [0.4, 0.5) is 16.0 Å². The molecule has 0 fully saturated rings. The predicted molar refractivity (Wildman–Crippen MR) is 69.6 cm³/mol. The summed E-state index contributed by atoms with van der Waals surface area (Å²) in [5, 5.41) is 3.23. The third kappa shape index (κ3) is 2.56. The van der Waals surface area contributed by atoms with Crippen LogP contribution in [-0.2, 0) is 0 Å². The van der Waals surface area contributed by atoms with Gasteiger partial charge in [-0.1, -0.05) is 12.1 Å². The highest BCUT2D eigenvalue weighted by atomic mass is 19.1. The standard InChI is InChI=1S/C13H15FN4/c1-8-12(15)16-7-17-13(8)18-9(2)10-3-5-11(14)6-4-10/h3-7,9H,1-2H3,(H3,15,16,17,18). The first kappa shape index (κ1) is 12.3. The van der Waals surface area contributed by atoms with Crippen LogP contribution in [0.15, 0.2) is 30.6 Å². The molecule has 0 bridgehead atoms. The van der Waals surface area contributed by atoms with Crippen molar-refractivity contribution >= 4 is 11.6 Å². The fourth-order valence-electron chi connectivity index (χ4n) is 1.65. The van der Waals surface area contributed by atoms with Gasteiger partial charge in [-0.25, -0.2) is 14.4 Å². The molecule has 0 aliphatic carbocycles. The van der Waals surface area contributed by atoms with Crippen LogP contribution in [0.25, 0.3) is 0 Å². The van der Waals surface area contributed by atoms with Crippen LogP contribution in [0.5, 0.6) is 0 Å². The Kier molecular flexibility index (Phi) is 3.41. The van der Waals surface area contributed by atoms with E-state index in [1.165, 1.54) is 18.5 Å². The summed E-state index contributed by atoms with van der Waals surface area (Å²) < 4.78 is 12.8. The Morgan fingerprint density at radius 1 is 1.22 bits per heavy atom. The fourth-order valence-corrected chi connectivity index (χ4v) is 1.65. The molecule has 0 aliphatic heterocycles. The van der Waals surface area contributed by atoms with E-state index in [4.69, 9.17) is 5.73 Å². The second kappa shape index (κ2) is 5.00. The number of anilines is 2. The van der Waals surface area contributed by atoms with E-state index in [-0.39, 0.29) is 11.9 Å². The van der Waals surface area contributed by atoms with Crippen molar-refractivity contribution in [3.05, 3.63) is 47.5 Å². The zero-order chi connectivity index (χ0) is 13.1. The van der Waals surface area contributed by atoms with Crippen LogP contribution in [0.1, 0.15) is 24.1 Å². The first-order valence-corrected chi connectivity index (χ1v) is 5.67. The lowest BCUT2D eigenvalue weighted by Crippen LogP contribution is -2.10. The molecule has 5 heteroatoms. The molecule has 1 atom stereocenters. The van der Waals surface area contributed by atoms with Crippen molar-refractivity contribution in [2.45, 2.75) is 19.9 Å². The highest BCUT2D eigenvalue weighted by molar-refractivity contribution is 5.54. The number of aromatic nitrogens is 2. The van der Waals surface area contributed by atoms with Gasteiger partial charge in [0.1, 0.15) is 23.8 Å². The first-order chi connectivity index (χ1) is 8.58. The lowest BCUT2D eigenvalue weighted by atomic mass is 10.1. The molecule has 0 saturated carbocycles. The quantitative estimate of drug-likeness (QED) is 0.874. The normalized spacial score (nSPS) is 12.2. The fraction of sp³-hybridized carbons (Fsp3) is 0.231. The summed E-state index contributed by atoms with van der Waals surface area (Å²) in [6, 6.07) is 6.38. The molecule has 0 aliphatic rings. The van der Waals surface area contributed by atoms with E-state index in [0.717, 1.165) is 11.1 Å². The minimum atomic E-state index is -0.242. The maximum absolute atomic E-state index is 12.8. The number of benzene rings is 1. The number of hydrogen-bond donors (Lipinski definition) is 2. The van der Waals surface area contributed by atoms with E-state index in [0.29, 0.717) is 11.6 Å². The Morgan fingerprint density at radius 2 is 1.89 bits per heavy atom. The molecule has 0 amide bonds. The Hall–Kier alpha value is -2.17. The average Bonchev–Trinajstić information content (AvgIpc) is 2.36. The lowest BCUT2D eigenvalue weighted by Gasteiger charge is -2.16. The third-order valence-electron chi connectivity index (χ3n) is 2.85. The van der Waals surface area contributed by atoms with Gasteiger partial charge in [-0.05, 0) is 31.5 Å². The van der Waals surface area contributed by atoms with E-state index < -0.39 is 0 Å². The van der Waals surface area contributed by atoms with Crippen molar-refractivity contribution in [1.29, 1.82) is 0 Å². The molecule has 2 rings (SSSR count). The second-order valence-electron chi connectivity index (χ2n) is 4.15. The summed E-state index contributed by atoms with van der Waals surface area (Å²) in [7, 11) is 0. The molecule has 1 heterocycles. The molecule has 0 radical (unpaired) electrons. The van der Waals surface area contributed by atoms with Gasteiger partial charge in [-0.3, -0.25) is 0 Å². The van der Waals surface area contributed by atoms with Gasteiger partial charge in [0, 0.05) is 11.6 Å². The summed E-state index contributed by atoms with van der Waals surface area (Å²) in [6.45, 7) is 3.83. The number of nitrogens with two attached hydrogens (primary N) is 1. The third-order valence-corrected chi connectivity index (χ3v) is 2.85. The molecule has 94 valence electrons. The number of hydrogen-bond acceptors (Lipinski definition) is 4. The molecular weight excluding hydrogens is 231 g/mol. The summed E-state index contributed by atoms with van der Waals surface area (Å²) in [5.74, 6) is 0.909. The molecule has 0 spiro atoms. The van der Waals surface area contributed by atoms with Crippen molar-refractivity contribution in [2.75, 3.05) is 11.1 Å². The molecule has 1 aromatic heterocycles. The minimum absolute atomic E-state index is 0.0126. The Balaban J connectivity index is 2.18. The number of nitrogens with one attached hydrogen (secondary N) is 1. The molecule has 18 heavy (non-hydrogen) atoms. The summed E-state index contributed by atoms with van der Waals surface area (Å²) in [4.78, 5) is 8.05. The van der Waals surface area contributed by atoms with Crippen molar-refractivity contribution in [2.24, 2.45) is 0 Å². The largest absolute Gasteiger partial charge is 0.383 e. The van der Waals surface area contributed by atoms with E-state index in [9.17, 15) is 4.39 Å². The smallest absolute Gasteiger partial charge is 0.134 e. The van der Waals surface area contributed by atoms with Gasteiger partial charge >= 0.3 is 0 Å². The predicted octanol–water partition coefficient (Wildman–Crippen LogP) is 2.68. The minimum Gasteiger partial charge on any atom is -0.383 e. The van der Waals surface area contributed by atoms with Crippen LogP contribution < -0.4 is 11.1 Å². The van der Waals surface area contributed by atoms with E-state index in [2.05, 4.69) is 15.3 Å². The topological polar surface area (TPSA) is 63.8 Å². The molecule has 1 aromatic carbocycles. The Morgan fingerprint density at radius 3 is 2.56 bits per heavy atom. The lowest BCUT2D eigenvalue weighted by molar-refractivity contribution is 0.626. The summed E-state index contributed by atoms with van der Waals surface area (Å²) in [6.07, 6.45) is 1.42. The van der Waals surface area contributed by atoms with Gasteiger partial charge < -0.3 is 11.1 Å². The average molecular weight is 246 g/mol. The monoisotopic (exact) mass is 246 g/mol. The highest BCUT2D eigenvalue weighted by Gasteiger charge is 2.09. The van der Waals surface area contributed by atoms with E-state index >= 15 is 0 Å². The van der Waals surface area contributed by atoms with Crippen molar-refractivity contribution in [3.63, 3.8) is 0 Å². The molecule has 2 aromatic rings. The zero-order valence-corrected chi connectivity index (χ0v) is 10.3. The maximum atomic E-state index is 12.8. The summed E-state index contributed by atoms with van der Waals surface area (Å²) in [5.41, 5.74) is 7.51. The van der Waals surface area contributed by atoms with Gasteiger partial charge in [-0.2, -0.15) is 0 Å². The van der Waals surface area contributed by atoms with Gasteiger partial charge in [0.25, 0.3) is 0 Å². The molecule has 3 N–H and O–H groups in total. The van der Waals surface area contributed by atoms with E-state index in [1.54, 1.807) is 12.1 Å². The van der Waals surface area contributed by atoms with Crippen molar-refractivity contribution in [1.82, 2.24) is 9.97 Å². The number of nitrogens with zero attached hydrogens (tertiary/aromatic N) is 2. The number of nitrogen functional groups attached to an aromatic ring is 1. The first-order valence-electron chi connectivity index (χ1n) is 5.67. The maximum Gasteiger partial charge on any atom is 0.134 e. The van der Waals surface area contributed by atoms with Crippen molar-refractivity contribution in [3.8, 4) is 0 Å². The molecular formula is C13H15FN4. The van der Waals surface area contributed by atoms with Gasteiger partial charge in [-0.15, -0.1) is 0 Å². The molecule has 0 saturated heterocycles. The molecule has 4 nitrogen and oxygen atoms in total. The van der Waals surface area contributed by atoms with Crippen LogP contribution in [-0.4, -0.2) is 9.97 Å². The van der Waals surface area contributed by atoms with Gasteiger partial charge in [0.2, 0.25) is 0 Å². The van der Waals surface area contributed by atoms with Crippen LogP contribution in [0.2, 0.25) is 0 Å². The van der Waals surface area contributed by atoms with Crippen LogP contribution in [0.3, 0.4) is 0 Å². The van der Waals surface area contributed by atoms with Gasteiger partial charge in [0.05, 0.1) is 0 Å². The Bertz CT molecular complexity index is 539. The highest BCUT2D eigenvalue weighted by Crippen LogP contribution is 2.22. The van der Waals surface area contributed by atoms with Crippen LogP contribution >= 0.6 is 0 Å². The molecule has 1 unspecified atom stereocenters. The number of halogens is 1. The van der Waals surface area contributed by atoms with Crippen LogP contribution in [0, 0.1) is 12.7 Å². The van der Waals surface area contributed by atoms with Crippen molar-refractivity contribution < 1.29 is 4.39 Å². The SMILES string of the molecule is Cc1c(N)ncnc1NC(C)c1ccc(F)cc1. The number of rotatable bonds is 3. The summed E-state index contributed by atoms with van der Waals surface area (Å²) >= 11 is 0. The van der Waals surface area contributed by atoms with E-state index in [1.807, 2.05) is 13.8 Å². The zero-order valence-electron chi connectivity index (χ0n) is 10.3. The Labute approximate surface area is 105 Å². The van der Waals surface area contributed by atoms with Gasteiger partial charge in [0.15, 0.2) is 0 Å².